The van der Waals surface area contributed by atoms with Gasteiger partial charge in [-0.15, -0.1) is 35.3 Å². The van der Waals surface area contributed by atoms with E-state index < -0.39 is 0 Å². The molecule has 22 heavy (non-hydrogen) atoms. The van der Waals surface area contributed by atoms with Crippen LogP contribution in [0.15, 0.2) is 58.1 Å². The predicted octanol–water partition coefficient (Wildman–Crippen LogP) is 5.56. The van der Waals surface area contributed by atoms with Gasteiger partial charge in [0.25, 0.3) is 0 Å². The molecule has 0 aliphatic rings. The monoisotopic (exact) mass is 340 g/mol. The van der Waals surface area contributed by atoms with Gasteiger partial charge in [0.05, 0.1) is 20.5 Å². The van der Waals surface area contributed by atoms with Crippen LogP contribution in [0.3, 0.4) is 0 Å². The summed E-state index contributed by atoms with van der Waals surface area (Å²) in [6.45, 7) is 0. The van der Waals surface area contributed by atoms with Gasteiger partial charge in [0, 0.05) is 5.39 Å². The molecule has 1 aromatic carbocycles. The highest BCUT2D eigenvalue weighted by molar-refractivity contribution is 7.83. The van der Waals surface area contributed by atoms with E-state index in [2.05, 4.69) is 42.3 Å². The summed E-state index contributed by atoms with van der Waals surface area (Å²) in [5.74, 6) is 0. The summed E-state index contributed by atoms with van der Waals surface area (Å²) >= 11 is 7.70. The van der Waals surface area contributed by atoms with E-state index in [1.165, 1.54) is 11.3 Å². The van der Waals surface area contributed by atoms with Crippen LogP contribution in [0, 0.1) is 0 Å². The molecule has 2 nitrogen and oxygen atoms in total. The Hall–Kier alpha value is -1.82. The van der Waals surface area contributed by atoms with Crippen molar-refractivity contribution in [3.05, 3.63) is 53.9 Å². The minimum atomic E-state index is 0.715. The van der Waals surface area contributed by atoms with E-state index in [9.17, 15) is 0 Å². The summed E-state index contributed by atoms with van der Waals surface area (Å²) in [6.07, 6.45) is 0. The van der Waals surface area contributed by atoms with Crippen LogP contribution < -0.4 is 5.73 Å². The number of hydrogen-bond acceptors (Lipinski definition) is 5. The smallest absolute Gasteiger partial charge is 0.127 e. The molecule has 0 spiro atoms. The second kappa shape index (κ2) is 5.43. The minimum absolute atomic E-state index is 0.715. The number of rotatable bonds is 2. The summed E-state index contributed by atoms with van der Waals surface area (Å²) in [5, 5.41) is 3.07. The summed E-state index contributed by atoms with van der Waals surface area (Å²) in [5.41, 5.74) is 10.2. The van der Waals surface area contributed by atoms with Crippen molar-refractivity contribution in [2.75, 3.05) is 5.73 Å². The number of fused-ring (bicyclic) bond motifs is 1. The highest BCUT2D eigenvalue weighted by Gasteiger charge is 2.16. The lowest BCUT2D eigenvalue weighted by molar-refractivity contribution is 1.45. The Kier molecular flexibility index (Phi) is 3.41. The lowest BCUT2D eigenvalue weighted by Gasteiger charge is -2.07. The van der Waals surface area contributed by atoms with Gasteiger partial charge in [0.15, 0.2) is 0 Å². The average molecular weight is 340 g/mol. The van der Waals surface area contributed by atoms with Crippen molar-refractivity contribution in [3.63, 3.8) is 0 Å². The Labute approximate surface area is 141 Å². The van der Waals surface area contributed by atoms with E-state index in [-0.39, 0.29) is 0 Å². The van der Waals surface area contributed by atoms with Crippen molar-refractivity contribution in [2.45, 2.75) is 4.21 Å². The maximum absolute atomic E-state index is 6.24. The van der Waals surface area contributed by atoms with Crippen molar-refractivity contribution >= 4 is 51.2 Å². The van der Waals surface area contributed by atoms with Crippen LogP contribution in [-0.2, 0) is 0 Å². The third-order valence-electron chi connectivity index (χ3n) is 3.54. The maximum Gasteiger partial charge on any atom is 0.127 e. The van der Waals surface area contributed by atoms with Crippen molar-refractivity contribution in [2.24, 2.45) is 0 Å². The number of thiol groups is 1. The highest BCUT2D eigenvalue weighted by Crippen LogP contribution is 2.42. The van der Waals surface area contributed by atoms with Gasteiger partial charge in [-0.05, 0) is 28.6 Å². The summed E-state index contributed by atoms with van der Waals surface area (Å²) in [6, 6.07) is 16.5. The second-order valence-electron chi connectivity index (χ2n) is 4.90. The highest BCUT2D eigenvalue weighted by atomic mass is 32.2. The minimum Gasteiger partial charge on any atom is -0.397 e. The number of pyridine rings is 1. The standard InChI is InChI=1S/C17H12N2S3/c18-15-14-11(10-5-2-1-3-6-10)9-12(13-7-4-8-21-13)19-16(14)22-17(15)20/h1-9,20H,18H2. The zero-order chi connectivity index (χ0) is 15.1. The Bertz CT molecular complexity index is 941. The van der Waals surface area contributed by atoms with Gasteiger partial charge in [-0.1, -0.05) is 36.4 Å². The summed E-state index contributed by atoms with van der Waals surface area (Å²) in [4.78, 5) is 6.88. The molecule has 3 aromatic heterocycles. The zero-order valence-corrected chi connectivity index (χ0v) is 14.0. The lowest BCUT2D eigenvalue weighted by atomic mass is 10.0. The first kappa shape index (κ1) is 13.8. The molecule has 0 aliphatic heterocycles. The Morgan fingerprint density at radius 1 is 1.05 bits per heavy atom. The Morgan fingerprint density at radius 3 is 2.59 bits per heavy atom. The molecule has 0 saturated heterocycles. The molecule has 5 heteroatoms. The fourth-order valence-electron chi connectivity index (χ4n) is 2.51. The normalized spacial score (nSPS) is 11.1. The maximum atomic E-state index is 6.24. The lowest BCUT2D eigenvalue weighted by Crippen LogP contribution is -1.89. The zero-order valence-electron chi connectivity index (χ0n) is 11.5. The molecule has 108 valence electrons. The molecule has 4 aromatic rings. The fraction of sp³-hybridized carbons (Fsp3) is 0. The molecule has 3 heterocycles. The van der Waals surface area contributed by atoms with Gasteiger partial charge < -0.3 is 5.73 Å². The first-order valence-electron chi connectivity index (χ1n) is 6.75. The number of hydrogen-bond donors (Lipinski definition) is 2. The van der Waals surface area contributed by atoms with Gasteiger partial charge in [-0.25, -0.2) is 4.98 Å². The Balaban J connectivity index is 2.08. The fourth-order valence-corrected chi connectivity index (χ4v) is 4.42. The molecule has 0 radical (unpaired) electrons. The van der Waals surface area contributed by atoms with Gasteiger partial charge in [-0.3, -0.25) is 0 Å². The first-order chi connectivity index (χ1) is 10.7. The van der Waals surface area contributed by atoms with Crippen LogP contribution in [-0.4, -0.2) is 4.98 Å². The topological polar surface area (TPSA) is 38.9 Å². The third kappa shape index (κ3) is 2.22. The van der Waals surface area contributed by atoms with Gasteiger partial charge in [0.1, 0.15) is 4.83 Å². The number of thiophene rings is 2. The van der Waals surface area contributed by atoms with Crippen molar-refractivity contribution in [1.82, 2.24) is 4.98 Å². The average Bonchev–Trinajstić information content (AvgIpc) is 3.17. The van der Waals surface area contributed by atoms with Gasteiger partial charge >= 0.3 is 0 Å². The quantitative estimate of drug-likeness (QED) is 0.469. The van der Waals surface area contributed by atoms with Crippen LogP contribution in [0.4, 0.5) is 5.69 Å². The molecule has 0 fully saturated rings. The van der Waals surface area contributed by atoms with Crippen molar-refractivity contribution in [3.8, 4) is 21.7 Å². The van der Waals surface area contributed by atoms with E-state index >= 15 is 0 Å². The van der Waals surface area contributed by atoms with E-state index in [0.29, 0.717) is 5.69 Å². The van der Waals surface area contributed by atoms with Crippen LogP contribution in [0.2, 0.25) is 0 Å². The molecule has 0 aliphatic carbocycles. The summed E-state index contributed by atoms with van der Waals surface area (Å²) < 4.78 is 0.822. The molecule has 0 unspecified atom stereocenters. The predicted molar refractivity (Wildman–Crippen MR) is 100 cm³/mol. The number of anilines is 1. The van der Waals surface area contributed by atoms with Crippen LogP contribution in [0.25, 0.3) is 31.9 Å². The number of nitrogens with zero attached hydrogens (tertiary/aromatic N) is 1. The number of nitrogens with two attached hydrogens (primary N) is 1. The largest absolute Gasteiger partial charge is 0.397 e. The number of aromatic nitrogens is 1. The summed E-state index contributed by atoms with van der Waals surface area (Å²) in [7, 11) is 0. The molecule has 0 atom stereocenters. The molecular weight excluding hydrogens is 328 g/mol. The van der Waals surface area contributed by atoms with Crippen molar-refractivity contribution < 1.29 is 0 Å². The van der Waals surface area contributed by atoms with Gasteiger partial charge in [-0.2, -0.15) is 0 Å². The van der Waals surface area contributed by atoms with E-state index in [1.54, 1.807) is 11.3 Å². The Morgan fingerprint density at radius 2 is 1.86 bits per heavy atom. The molecule has 0 amide bonds. The molecule has 2 N–H and O–H groups in total. The van der Waals surface area contributed by atoms with Crippen LogP contribution in [0.5, 0.6) is 0 Å². The number of benzene rings is 1. The van der Waals surface area contributed by atoms with E-state index in [0.717, 1.165) is 36.1 Å². The van der Waals surface area contributed by atoms with Crippen LogP contribution >= 0.6 is 35.3 Å². The van der Waals surface area contributed by atoms with Crippen molar-refractivity contribution in [1.29, 1.82) is 0 Å². The molecule has 0 saturated carbocycles. The third-order valence-corrected chi connectivity index (χ3v) is 5.85. The van der Waals surface area contributed by atoms with Crippen LogP contribution in [0.1, 0.15) is 0 Å². The van der Waals surface area contributed by atoms with E-state index in [1.807, 2.05) is 24.3 Å². The number of nitrogen functional groups attached to an aromatic ring is 1. The first-order valence-corrected chi connectivity index (χ1v) is 8.89. The molecule has 4 rings (SSSR count). The molecule has 0 bridgehead atoms. The second-order valence-corrected chi connectivity index (χ2v) is 7.60. The van der Waals surface area contributed by atoms with Gasteiger partial charge in [0.2, 0.25) is 0 Å². The SMILES string of the molecule is Nc1c(S)sc2nc(-c3cccs3)cc(-c3ccccc3)c12. The van der Waals surface area contributed by atoms with E-state index in [4.69, 9.17) is 10.7 Å². The molecular formula is C17H12N2S3.